The van der Waals surface area contributed by atoms with Crippen molar-refractivity contribution in [3.8, 4) is 0 Å². The molecule has 0 aliphatic heterocycles. The minimum Gasteiger partial charge on any atom is -0.395 e. The molecule has 0 saturated heterocycles. The van der Waals surface area contributed by atoms with Gasteiger partial charge >= 0.3 is 0 Å². The van der Waals surface area contributed by atoms with Crippen LogP contribution in [-0.4, -0.2) is 31.3 Å². The average Bonchev–Trinajstić information content (AvgIpc) is 2.42. The molecule has 108 valence electrons. The predicted molar refractivity (Wildman–Crippen MR) is 78.1 cm³/mol. The van der Waals surface area contributed by atoms with Crippen LogP contribution in [-0.2, 0) is 0 Å². The fourth-order valence-corrected chi connectivity index (χ4v) is 2.23. The monoisotopic (exact) mass is 268 g/mol. The lowest BCUT2D eigenvalue weighted by molar-refractivity contribution is 0.302. The molecule has 19 heavy (non-hydrogen) atoms. The molecule has 2 N–H and O–H groups in total. The second-order valence-corrected chi connectivity index (χ2v) is 4.66. The van der Waals surface area contributed by atoms with Gasteiger partial charge in [-0.3, -0.25) is 0 Å². The maximum absolute atomic E-state index is 14.1. The quantitative estimate of drug-likeness (QED) is 0.761. The summed E-state index contributed by atoms with van der Waals surface area (Å²) in [5.41, 5.74) is 1.55. The normalized spacial score (nSPS) is 12.5. The molecule has 4 heteroatoms. The molecule has 1 aromatic rings. The first-order chi connectivity index (χ1) is 9.15. The van der Waals surface area contributed by atoms with Crippen molar-refractivity contribution in [2.24, 2.45) is 0 Å². The van der Waals surface area contributed by atoms with Crippen molar-refractivity contribution in [2.75, 3.05) is 31.1 Å². The van der Waals surface area contributed by atoms with Crippen LogP contribution in [0, 0.1) is 5.82 Å². The summed E-state index contributed by atoms with van der Waals surface area (Å²) in [6, 6.07) is 5.26. The van der Waals surface area contributed by atoms with Gasteiger partial charge in [0.05, 0.1) is 12.3 Å². The topological polar surface area (TPSA) is 35.5 Å². The van der Waals surface area contributed by atoms with Gasteiger partial charge in [0.2, 0.25) is 0 Å². The van der Waals surface area contributed by atoms with E-state index in [0.717, 1.165) is 18.5 Å². The van der Waals surface area contributed by atoms with Crippen molar-refractivity contribution >= 4 is 5.69 Å². The van der Waals surface area contributed by atoms with E-state index < -0.39 is 0 Å². The fourth-order valence-electron chi connectivity index (χ4n) is 2.23. The third-order valence-corrected chi connectivity index (χ3v) is 3.25. The zero-order valence-corrected chi connectivity index (χ0v) is 12.1. The van der Waals surface area contributed by atoms with E-state index in [1.54, 1.807) is 6.07 Å². The van der Waals surface area contributed by atoms with Crippen LogP contribution in [0.2, 0.25) is 0 Å². The van der Waals surface area contributed by atoms with Gasteiger partial charge in [-0.25, -0.2) is 4.39 Å². The number of para-hydroxylation sites is 1. The largest absolute Gasteiger partial charge is 0.395 e. The van der Waals surface area contributed by atoms with Crippen molar-refractivity contribution in [1.29, 1.82) is 0 Å². The highest BCUT2D eigenvalue weighted by molar-refractivity contribution is 5.56. The molecule has 0 fully saturated rings. The summed E-state index contributed by atoms with van der Waals surface area (Å²) in [6.07, 6.45) is 1.04. The molecule has 0 aliphatic carbocycles. The molecule has 0 aliphatic rings. The third kappa shape index (κ3) is 4.18. The predicted octanol–water partition coefficient (Wildman–Crippen LogP) is 2.70. The van der Waals surface area contributed by atoms with Crippen LogP contribution >= 0.6 is 0 Å². The number of likely N-dealkylation sites (N-methyl/N-ethyl adjacent to an activating group) is 1. The summed E-state index contributed by atoms with van der Waals surface area (Å²) in [4.78, 5) is 1.88. The molecular formula is C15H25FN2O. The van der Waals surface area contributed by atoms with Crippen LogP contribution in [0.25, 0.3) is 0 Å². The Morgan fingerprint density at radius 1 is 1.37 bits per heavy atom. The number of hydrogen-bond donors (Lipinski definition) is 2. The Hall–Kier alpha value is -1.13. The number of hydrogen-bond acceptors (Lipinski definition) is 3. The number of nitrogens with zero attached hydrogens (tertiary/aromatic N) is 1. The van der Waals surface area contributed by atoms with Gasteiger partial charge in [0, 0.05) is 19.1 Å². The van der Waals surface area contributed by atoms with Gasteiger partial charge in [0.25, 0.3) is 0 Å². The maximum atomic E-state index is 14.1. The highest BCUT2D eigenvalue weighted by atomic mass is 19.1. The molecule has 1 aromatic carbocycles. The maximum Gasteiger partial charge on any atom is 0.146 e. The van der Waals surface area contributed by atoms with Crippen molar-refractivity contribution < 1.29 is 9.50 Å². The Morgan fingerprint density at radius 2 is 2.11 bits per heavy atom. The second kappa shape index (κ2) is 8.12. The Balaban J connectivity index is 3.06. The minimum atomic E-state index is -0.224. The summed E-state index contributed by atoms with van der Waals surface area (Å²) in [7, 11) is 0. The first kappa shape index (κ1) is 15.9. The van der Waals surface area contributed by atoms with E-state index in [1.165, 1.54) is 6.07 Å². The van der Waals surface area contributed by atoms with E-state index in [0.29, 0.717) is 18.8 Å². The molecule has 1 rings (SSSR count). The molecule has 0 bridgehead atoms. The zero-order chi connectivity index (χ0) is 14.3. The standard InChI is InChI=1S/C15H25FN2O/c1-4-9-17-12(3)13-7-6-8-14(16)15(13)18(5-2)10-11-19/h6-8,12,17,19H,4-5,9-11H2,1-3H3. The van der Waals surface area contributed by atoms with Crippen LogP contribution < -0.4 is 10.2 Å². The number of rotatable bonds is 8. The number of aliphatic hydroxyl groups excluding tert-OH is 1. The molecule has 0 amide bonds. The van der Waals surface area contributed by atoms with Crippen molar-refractivity contribution in [3.05, 3.63) is 29.6 Å². The van der Waals surface area contributed by atoms with Crippen LogP contribution in [0.3, 0.4) is 0 Å². The van der Waals surface area contributed by atoms with E-state index in [1.807, 2.05) is 24.8 Å². The Kier molecular flexibility index (Phi) is 6.81. The van der Waals surface area contributed by atoms with Gasteiger partial charge in [-0.1, -0.05) is 19.1 Å². The molecule has 0 spiro atoms. The molecule has 0 saturated carbocycles. The number of anilines is 1. The summed E-state index contributed by atoms with van der Waals surface area (Å²) in [5, 5.41) is 12.5. The average molecular weight is 268 g/mol. The SMILES string of the molecule is CCCNC(C)c1cccc(F)c1N(CC)CCO. The van der Waals surface area contributed by atoms with Gasteiger partial charge in [0.15, 0.2) is 0 Å². The summed E-state index contributed by atoms with van der Waals surface area (Å²) < 4.78 is 14.1. The lowest BCUT2D eigenvalue weighted by atomic mass is 10.0. The molecule has 0 aromatic heterocycles. The van der Waals surface area contributed by atoms with Gasteiger partial charge in [-0.15, -0.1) is 0 Å². The van der Waals surface area contributed by atoms with E-state index in [9.17, 15) is 4.39 Å². The fraction of sp³-hybridized carbons (Fsp3) is 0.600. The summed E-state index contributed by atoms with van der Waals surface area (Å²) in [6.45, 7) is 8.18. The molecule has 1 unspecified atom stereocenters. The van der Waals surface area contributed by atoms with Gasteiger partial charge in [0.1, 0.15) is 5.82 Å². The van der Waals surface area contributed by atoms with Crippen molar-refractivity contribution in [3.63, 3.8) is 0 Å². The van der Waals surface area contributed by atoms with Gasteiger partial charge < -0.3 is 15.3 Å². The van der Waals surface area contributed by atoms with Crippen LogP contribution in [0.4, 0.5) is 10.1 Å². The number of benzene rings is 1. The number of nitrogens with one attached hydrogen (secondary N) is 1. The number of aliphatic hydroxyl groups is 1. The molecule has 3 nitrogen and oxygen atoms in total. The third-order valence-electron chi connectivity index (χ3n) is 3.25. The Morgan fingerprint density at radius 3 is 2.68 bits per heavy atom. The van der Waals surface area contributed by atoms with Crippen molar-refractivity contribution in [1.82, 2.24) is 5.32 Å². The summed E-state index contributed by atoms with van der Waals surface area (Å²) in [5.74, 6) is -0.224. The van der Waals surface area contributed by atoms with Crippen LogP contribution in [0.1, 0.15) is 38.8 Å². The Bertz CT molecular complexity index is 384. The molecule has 1 atom stereocenters. The molecule has 0 radical (unpaired) electrons. The highest BCUT2D eigenvalue weighted by Crippen LogP contribution is 2.29. The molecule has 0 heterocycles. The first-order valence-corrected chi connectivity index (χ1v) is 7.03. The molecular weight excluding hydrogens is 243 g/mol. The highest BCUT2D eigenvalue weighted by Gasteiger charge is 2.18. The van der Waals surface area contributed by atoms with E-state index >= 15 is 0 Å². The first-order valence-electron chi connectivity index (χ1n) is 7.03. The van der Waals surface area contributed by atoms with Crippen LogP contribution in [0.15, 0.2) is 18.2 Å². The van der Waals surface area contributed by atoms with Crippen LogP contribution in [0.5, 0.6) is 0 Å². The van der Waals surface area contributed by atoms with E-state index in [4.69, 9.17) is 5.11 Å². The number of halogens is 1. The van der Waals surface area contributed by atoms with E-state index in [-0.39, 0.29) is 18.5 Å². The summed E-state index contributed by atoms with van der Waals surface area (Å²) >= 11 is 0. The van der Waals surface area contributed by atoms with Crippen molar-refractivity contribution in [2.45, 2.75) is 33.2 Å². The van der Waals surface area contributed by atoms with E-state index in [2.05, 4.69) is 12.2 Å². The van der Waals surface area contributed by atoms with Gasteiger partial charge in [-0.05, 0) is 38.4 Å². The van der Waals surface area contributed by atoms with Gasteiger partial charge in [-0.2, -0.15) is 0 Å². The Labute approximate surface area is 115 Å². The lowest BCUT2D eigenvalue weighted by Gasteiger charge is -2.28. The minimum absolute atomic E-state index is 0.0262. The zero-order valence-electron chi connectivity index (χ0n) is 12.1. The smallest absolute Gasteiger partial charge is 0.146 e. The second-order valence-electron chi connectivity index (χ2n) is 4.66. The lowest BCUT2D eigenvalue weighted by Crippen LogP contribution is -2.30.